The van der Waals surface area contributed by atoms with Gasteiger partial charge >= 0.3 is 0 Å². The summed E-state index contributed by atoms with van der Waals surface area (Å²) >= 11 is 0. The quantitative estimate of drug-likeness (QED) is 0.527. The second-order valence-corrected chi connectivity index (χ2v) is 3.46. The summed E-state index contributed by atoms with van der Waals surface area (Å²) in [5.41, 5.74) is 0. The Morgan fingerprint density at radius 1 is 1.22 bits per heavy atom. The van der Waals surface area contributed by atoms with Crippen LogP contribution in [0.2, 0.25) is 0 Å². The van der Waals surface area contributed by atoms with Crippen LogP contribution >= 0.6 is 0 Å². The van der Waals surface area contributed by atoms with Crippen molar-refractivity contribution in [2.24, 2.45) is 11.8 Å². The zero-order valence-electron chi connectivity index (χ0n) is 6.30. The average molecular weight is 128 g/mol. The van der Waals surface area contributed by atoms with Crippen LogP contribution in [-0.4, -0.2) is 11.2 Å². The molecule has 0 saturated heterocycles. The minimum atomic E-state index is -0.0197. The van der Waals surface area contributed by atoms with E-state index in [2.05, 4.69) is 13.8 Å². The van der Waals surface area contributed by atoms with Crippen molar-refractivity contribution in [2.75, 3.05) is 0 Å². The van der Waals surface area contributed by atoms with Gasteiger partial charge in [-0.1, -0.05) is 20.3 Å². The lowest BCUT2D eigenvalue weighted by atomic mass is 9.82. The molecule has 1 heteroatoms. The molecule has 1 unspecified atom stereocenters. The second-order valence-electron chi connectivity index (χ2n) is 3.46. The van der Waals surface area contributed by atoms with E-state index >= 15 is 0 Å². The smallest absolute Gasteiger partial charge is 0.0568 e. The highest BCUT2D eigenvalue weighted by Gasteiger charge is 2.22. The Balaban J connectivity index is 2.35. The van der Waals surface area contributed by atoms with Crippen LogP contribution in [-0.2, 0) is 0 Å². The third-order valence-corrected chi connectivity index (χ3v) is 2.42. The molecule has 0 aliphatic heterocycles. The monoisotopic (exact) mass is 128 g/mol. The predicted octanol–water partition coefficient (Wildman–Crippen LogP) is 1.80. The lowest BCUT2D eigenvalue weighted by molar-refractivity contribution is 0.0577. The second kappa shape index (κ2) is 2.70. The van der Waals surface area contributed by atoms with E-state index in [-0.39, 0.29) is 6.10 Å². The molecule has 1 nitrogen and oxygen atoms in total. The van der Waals surface area contributed by atoms with Gasteiger partial charge in [-0.15, -0.1) is 0 Å². The molecule has 0 amide bonds. The van der Waals surface area contributed by atoms with Crippen molar-refractivity contribution in [1.29, 1.82) is 0 Å². The summed E-state index contributed by atoms with van der Waals surface area (Å²) in [6.07, 6.45) is 3.51. The maximum atomic E-state index is 9.35. The summed E-state index contributed by atoms with van der Waals surface area (Å²) in [7, 11) is 0. The molecule has 9 heavy (non-hydrogen) atoms. The maximum Gasteiger partial charge on any atom is 0.0568 e. The molecule has 1 saturated carbocycles. The molecule has 0 aromatic heterocycles. The van der Waals surface area contributed by atoms with Gasteiger partial charge in [-0.05, 0) is 24.7 Å². The van der Waals surface area contributed by atoms with E-state index in [1.165, 1.54) is 12.8 Å². The summed E-state index contributed by atoms with van der Waals surface area (Å²) in [5.74, 6) is 1.29. The van der Waals surface area contributed by atoms with Gasteiger partial charge in [-0.25, -0.2) is 0 Å². The predicted molar refractivity (Wildman–Crippen MR) is 38.2 cm³/mol. The van der Waals surface area contributed by atoms with Crippen molar-refractivity contribution >= 4 is 0 Å². The Hall–Kier alpha value is -0.0400. The van der Waals surface area contributed by atoms with Gasteiger partial charge in [0.15, 0.2) is 0 Å². The largest absolute Gasteiger partial charge is 0.393 e. The first-order valence-electron chi connectivity index (χ1n) is 3.88. The molecule has 54 valence electrons. The van der Waals surface area contributed by atoms with E-state index in [9.17, 15) is 5.11 Å². The Kier molecular flexibility index (Phi) is 2.12. The maximum absolute atomic E-state index is 9.35. The zero-order chi connectivity index (χ0) is 6.85. The zero-order valence-corrected chi connectivity index (χ0v) is 6.30. The van der Waals surface area contributed by atoms with E-state index in [4.69, 9.17) is 0 Å². The summed E-state index contributed by atoms with van der Waals surface area (Å²) < 4.78 is 0. The summed E-state index contributed by atoms with van der Waals surface area (Å²) in [5, 5.41) is 9.35. The standard InChI is InChI=1S/C8H16O/c1-6-3-4-7(2)8(9)5-6/h6-9H,3-5H2,1-2H3/t6-,7?,8+/m1/s1. The van der Waals surface area contributed by atoms with Crippen LogP contribution in [0.25, 0.3) is 0 Å². The molecular formula is C8H16O. The van der Waals surface area contributed by atoms with Gasteiger partial charge in [0.05, 0.1) is 6.10 Å². The minimum absolute atomic E-state index is 0.0197. The van der Waals surface area contributed by atoms with Gasteiger partial charge in [-0.3, -0.25) is 0 Å². The van der Waals surface area contributed by atoms with Crippen LogP contribution < -0.4 is 0 Å². The van der Waals surface area contributed by atoms with Gasteiger partial charge in [0.1, 0.15) is 0 Å². The Morgan fingerprint density at radius 3 is 2.33 bits per heavy atom. The number of rotatable bonds is 0. The molecule has 0 bridgehead atoms. The van der Waals surface area contributed by atoms with Crippen LogP contribution in [0.1, 0.15) is 33.1 Å². The fourth-order valence-electron chi connectivity index (χ4n) is 1.50. The summed E-state index contributed by atoms with van der Waals surface area (Å²) in [6.45, 7) is 4.35. The Bertz CT molecular complexity index is 90.6. The minimum Gasteiger partial charge on any atom is -0.393 e. The molecular weight excluding hydrogens is 112 g/mol. The summed E-state index contributed by atoms with van der Waals surface area (Å²) in [6, 6.07) is 0. The van der Waals surface area contributed by atoms with Crippen LogP contribution in [0.15, 0.2) is 0 Å². The lowest BCUT2D eigenvalue weighted by Gasteiger charge is -2.28. The molecule has 0 aromatic carbocycles. The first-order chi connectivity index (χ1) is 4.20. The third-order valence-electron chi connectivity index (χ3n) is 2.42. The molecule has 1 rings (SSSR count). The fraction of sp³-hybridized carbons (Fsp3) is 1.00. The first-order valence-corrected chi connectivity index (χ1v) is 3.88. The van der Waals surface area contributed by atoms with Gasteiger partial charge in [-0.2, -0.15) is 0 Å². The average Bonchev–Trinajstić information content (AvgIpc) is 1.80. The molecule has 0 radical (unpaired) electrons. The molecule has 1 N–H and O–H groups in total. The van der Waals surface area contributed by atoms with E-state index in [0.29, 0.717) is 5.92 Å². The SMILES string of the molecule is CC1CC[C@@H](C)C[C@@H]1O. The van der Waals surface area contributed by atoms with Gasteiger partial charge in [0.25, 0.3) is 0 Å². The van der Waals surface area contributed by atoms with Crippen molar-refractivity contribution in [3.05, 3.63) is 0 Å². The first kappa shape index (κ1) is 7.07. The molecule has 0 spiro atoms. The van der Waals surface area contributed by atoms with Crippen LogP contribution in [0.5, 0.6) is 0 Å². The topological polar surface area (TPSA) is 20.2 Å². The van der Waals surface area contributed by atoms with Gasteiger partial charge < -0.3 is 5.11 Å². The lowest BCUT2D eigenvalue weighted by Crippen LogP contribution is -2.25. The van der Waals surface area contributed by atoms with E-state index in [1.54, 1.807) is 0 Å². The Labute approximate surface area is 57.1 Å². The van der Waals surface area contributed by atoms with Crippen LogP contribution in [0, 0.1) is 11.8 Å². The van der Waals surface area contributed by atoms with E-state index in [0.717, 1.165) is 12.3 Å². The van der Waals surface area contributed by atoms with Crippen molar-refractivity contribution in [2.45, 2.75) is 39.2 Å². The summed E-state index contributed by atoms with van der Waals surface area (Å²) in [4.78, 5) is 0. The molecule has 3 atom stereocenters. The van der Waals surface area contributed by atoms with Gasteiger partial charge in [0, 0.05) is 0 Å². The number of aliphatic hydroxyl groups excluding tert-OH is 1. The molecule has 1 aliphatic carbocycles. The van der Waals surface area contributed by atoms with Gasteiger partial charge in [0.2, 0.25) is 0 Å². The van der Waals surface area contributed by atoms with Crippen molar-refractivity contribution < 1.29 is 5.11 Å². The van der Waals surface area contributed by atoms with Crippen molar-refractivity contribution in [3.63, 3.8) is 0 Å². The molecule has 0 heterocycles. The van der Waals surface area contributed by atoms with E-state index < -0.39 is 0 Å². The highest BCUT2D eigenvalue weighted by atomic mass is 16.3. The van der Waals surface area contributed by atoms with Crippen LogP contribution in [0.3, 0.4) is 0 Å². The van der Waals surface area contributed by atoms with E-state index in [1.807, 2.05) is 0 Å². The number of aliphatic hydroxyl groups is 1. The normalized spacial score (nSPS) is 45.0. The number of hydrogen-bond acceptors (Lipinski definition) is 1. The highest BCUT2D eigenvalue weighted by molar-refractivity contribution is 4.74. The molecule has 0 aromatic rings. The van der Waals surface area contributed by atoms with Crippen molar-refractivity contribution in [1.82, 2.24) is 0 Å². The Morgan fingerprint density at radius 2 is 1.89 bits per heavy atom. The number of hydrogen-bond donors (Lipinski definition) is 1. The van der Waals surface area contributed by atoms with Crippen LogP contribution in [0.4, 0.5) is 0 Å². The third kappa shape index (κ3) is 1.68. The highest BCUT2D eigenvalue weighted by Crippen LogP contribution is 2.27. The molecule has 1 aliphatic rings. The fourth-order valence-corrected chi connectivity index (χ4v) is 1.50. The van der Waals surface area contributed by atoms with Crippen molar-refractivity contribution in [3.8, 4) is 0 Å². The molecule has 1 fully saturated rings.